The molecule has 14 heteroatoms. The van der Waals surface area contributed by atoms with E-state index in [0.29, 0.717) is 11.3 Å². The zero-order chi connectivity index (χ0) is 24.1. The smallest absolute Gasteiger partial charge is 0.358 e. The third kappa shape index (κ3) is 5.01. The number of esters is 2. The predicted molar refractivity (Wildman–Crippen MR) is 120 cm³/mol. The molecule has 3 N–H and O–H groups in total. The van der Waals surface area contributed by atoms with E-state index >= 15 is 0 Å². The van der Waals surface area contributed by atoms with Gasteiger partial charge in [-0.15, -0.1) is 23.1 Å². The van der Waals surface area contributed by atoms with E-state index in [4.69, 9.17) is 20.0 Å². The standard InChI is InChI=1S/C19H21N5O7S2/c1-4-9-6-32-17-13(22-15(26)12(23-29-3)10-7-33-19(20)21-10)16(27)24(17)14(9)18(28)31-8-30-11(25)5-2/h4,7,13,17H,1,5-6,8H2,2-3H3,(H2,20,21)(H,22,26)/t13?,17-/m1/s1. The van der Waals surface area contributed by atoms with Gasteiger partial charge < -0.3 is 25.4 Å². The van der Waals surface area contributed by atoms with Crippen LogP contribution in [0.4, 0.5) is 5.13 Å². The van der Waals surface area contributed by atoms with Crippen LogP contribution in [0.1, 0.15) is 19.0 Å². The van der Waals surface area contributed by atoms with Crippen LogP contribution >= 0.6 is 23.1 Å². The number of thioether (sulfide) groups is 1. The highest BCUT2D eigenvalue weighted by molar-refractivity contribution is 8.00. The number of carbonyl (C=O) groups excluding carboxylic acids is 4. The van der Waals surface area contributed by atoms with E-state index in [1.807, 2.05) is 0 Å². The first-order chi connectivity index (χ1) is 15.8. The van der Waals surface area contributed by atoms with Crippen molar-refractivity contribution >= 4 is 57.7 Å². The van der Waals surface area contributed by atoms with Crippen LogP contribution in [-0.2, 0) is 33.5 Å². The minimum Gasteiger partial charge on any atom is -0.428 e. The fourth-order valence-electron chi connectivity index (χ4n) is 3.01. The fraction of sp³-hybridized carbons (Fsp3) is 0.368. The van der Waals surface area contributed by atoms with Crippen molar-refractivity contribution in [3.8, 4) is 0 Å². The molecule has 1 unspecified atom stereocenters. The first-order valence-corrected chi connectivity index (χ1v) is 11.5. The normalized spacial score (nSPS) is 19.9. The molecule has 2 aliphatic heterocycles. The highest BCUT2D eigenvalue weighted by Crippen LogP contribution is 2.41. The Balaban J connectivity index is 1.73. The van der Waals surface area contributed by atoms with E-state index in [0.717, 1.165) is 11.3 Å². The van der Waals surface area contributed by atoms with Gasteiger partial charge in [-0.25, -0.2) is 9.78 Å². The van der Waals surface area contributed by atoms with Gasteiger partial charge in [0, 0.05) is 17.6 Å². The maximum Gasteiger partial charge on any atom is 0.358 e. The minimum absolute atomic E-state index is 0.00477. The number of oxime groups is 1. The van der Waals surface area contributed by atoms with Crippen LogP contribution in [0.25, 0.3) is 0 Å². The molecule has 0 saturated carbocycles. The summed E-state index contributed by atoms with van der Waals surface area (Å²) in [5, 5.41) is 7.52. The number of ether oxygens (including phenoxy) is 2. The van der Waals surface area contributed by atoms with E-state index in [2.05, 4.69) is 22.0 Å². The molecule has 3 rings (SSSR count). The third-order valence-corrected chi connectivity index (χ3v) is 6.56. The number of hydrogen-bond donors (Lipinski definition) is 2. The van der Waals surface area contributed by atoms with E-state index in [9.17, 15) is 19.2 Å². The summed E-state index contributed by atoms with van der Waals surface area (Å²) in [4.78, 5) is 59.5. The number of β-lactam (4-membered cyclic amide) rings is 1. The largest absolute Gasteiger partial charge is 0.428 e. The molecule has 3 heterocycles. The zero-order valence-corrected chi connectivity index (χ0v) is 19.4. The average molecular weight is 496 g/mol. The summed E-state index contributed by atoms with van der Waals surface area (Å²) in [6.45, 7) is 4.70. The quantitative estimate of drug-likeness (QED) is 0.161. The van der Waals surface area contributed by atoms with Crippen molar-refractivity contribution in [1.29, 1.82) is 0 Å². The van der Waals surface area contributed by atoms with Crippen molar-refractivity contribution in [2.75, 3.05) is 25.4 Å². The maximum absolute atomic E-state index is 12.9. The number of rotatable bonds is 9. The number of fused-ring (bicyclic) bond motifs is 1. The Labute approximate surface area is 196 Å². The van der Waals surface area contributed by atoms with Crippen LogP contribution in [0, 0.1) is 0 Å². The van der Waals surface area contributed by atoms with Gasteiger partial charge in [0.05, 0.1) is 0 Å². The fourth-order valence-corrected chi connectivity index (χ4v) is 4.90. The van der Waals surface area contributed by atoms with Crippen molar-refractivity contribution in [1.82, 2.24) is 15.2 Å². The summed E-state index contributed by atoms with van der Waals surface area (Å²) < 4.78 is 9.76. The second-order valence-corrected chi connectivity index (χ2v) is 8.55. The molecule has 0 bridgehead atoms. The van der Waals surface area contributed by atoms with Gasteiger partial charge >= 0.3 is 11.9 Å². The Hall–Kier alpha value is -3.39. The highest BCUT2D eigenvalue weighted by Gasteiger charge is 2.54. The number of aromatic nitrogens is 1. The molecule has 1 saturated heterocycles. The summed E-state index contributed by atoms with van der Waals surface area (Å²) in [6, 6.07) is -0.923. The average Bonchev–Trinajstić information content (AvgIpc) is 3.24. The van der Waals surface area contributed by atoms with Crippen molar-refractivity contribution in [2.24, 2.45) is 5.16 Å². The van der Waals surface area contributed by atoms with Crippen LogP contribution in [0.2, 0.25) is 0 Å². The van der Waals surface area contributed by atoms with Gasteiger partial charge in [0.15, 0.2) is 10.8 Å². The second-order valence-electron chi connectivity index (χ2n) is 6.55. The van der Waals surface area contributed by atoms with Gasteiger partial charge in [0.1, 0.15) is 29.9 Å². The molecule has 0 aliphatic carbocycles. The highest BCUT2D eigenvalue weighted by atomic mass is 32.2. The van der Waals surface area contributed by atoms with Crippen molar-refractivity contribution in [2.45, 2.75) is 24.8 Å². The topological polar surface area (TPSA) is 163 Å². The molecule has 2 aliphatic rings. The number of amides is 2. The van der Waals surface area contributed by atoms with Gasteiger partial charge in [-0.2, -0.15) is 0 Å². The summed E-state index contributed by atoms with van der Waals surface area (Å²) >= 11 is 2.46. The molecule has 33 heavy (non-hydrogen) atoms. The summed E-state index contributed by atoms with van der Waals surface area (Å²) in [6.07, 6.45) is 1.58. The Morgan fingerprint density at radius 3 is 2.79 bits per heavy atom. The third-order valence-electron chi connectivity index (χ3n) is 4.58. The molecule has 0 radical (unpaired) electrons. The van der Waals surface area contributed by atoms with Crippen molar-refractivity contribution < 1.29 is 33.5 Å². The van der Waals surface area contributed by atoms with Crippen molar-refractivity contribution in [3.63, 3.8) is 0 Å². The van der Waals surface area contributed by atoms with Gasteiger partial charge in [0.25, 0.3) is 11.8 Å². The van der Waals surface area contributed by atoms with Crippen molar-refractivity contribution in [3.05, 3.63) is 35.0 Å². The summed E-state index contributed by atoms with van der Waals surface area (Å²) in [5.74, 6) is -2.22. The lowest BCUT2D eigenvalue weighted by Crippen LogP contribution is -2.71. The molecule has 0 aromatic carbocycles. The molecule has 176 valence electrons. The second kappa shape index (κ2) is 10.5. The predicted octanol–water partition coefficient (Wildman–Crippen LogP) is 0.370. The van der Waals surface area contributed by atoms with Gasteiger partial charge in [-0.1, -0.05) is 24.7 Å². The van der Waals surface area contributed by atoms with E-state index in [-0.39, 0.29) is 28.7 Å². The van der Waals surface area contributed by atoms with Gasteiger partial charge in [-0.3, -0.25) is 19.3 Å². The zero-order valence-electron chi connectivity index (χ0n) is 17.7. The number of hydrogen-bond acceptors (Lipinski definition) is 12. The number of anilines is 1. The first-order valence-electron chi connectivity index (χ1n) is 9.58. The SMILES string of the molecule is C=CC1=C(C(=O)OCOC(=O)CC)N2C(=O)C(NC(=O)C(=NOC)c3csc(N)n3)[C@H]2SC1. The molecule has 1 aromatic rings. The van der Waals surface area contributed by atoms with Crippen LogP contribution in [0.5, 0.6) is 0 Å². The number of nitrogens with zero attached hydrogens (tertiary/aromatic N) is 3. The number of thiazole rings is 1. The molecule has 2 amide bonds. The monoisotopic (exact) mass is 495 g/mol. The number of carbonyl (C=O) groups is 4. The van der Waals surface area contributed by atoms with Crippen LogP contribution in [0.3, 0.4) is 0 Å². The lowest BCUT2D eigenvalue weighted by Gasteiger charge is -2.49. The molecule has 0 spiro atoms. The van der Waals surface area contributed by atoms with Crippen LogP contribution < -0.4 is 11.1 Å². The van der Waals surface area contributed by atoms with E-state index in [1.165, 1.54) is 35.2 Å². The maximum atomic E-state index is 12.9. The number of nitrogens with two attached hydrogens (primary N) is 1. The van der Waals surface area contributed by atoms with Crippen LogP contribution in [0.15, 0.2) is 34.5 Å². The lowest BCUT2D eigenvalue weighted by atomic mass is 10.0. The molecule has 1 fully saturated rings. The molecular weight excluding hydrogens is 474 g/mol. The Morgan fingerprint density at radius 2 is 2.18 bits per heavy atom. The Morgan fingerprint density at radius 1 is 1.42 bits per heavy atom. The Bertz CT molecular complexity index is 1050. The molecule has 12 nitrogen and oxygen atoms in total. The molecule has 2 atom stereocenters. The van der Waals surface area contributed by atoms with E-state index < -0.39 is 42.0 Å². The number of nitrogen functional groups attached to an aromatic ring is 1. The van der Waals surface area contributed by atoms with E-state index in [1.54, 1.807) is 6.92 Å². The number of nitrogens with one attached hydrogen (secondary N) is 1. The number of allylic oxidation sites excluding steroid dienone is 1. The molecule has 1 aromatic heterocycles. The van der Waals surface area contributed by atoms with Gasteiger partial charge in [-0.05, 0) is 5.57 Å². The summed E-state index contributed by atoms with van der Waals surface area (Å²) in [7, 11) is 1.27. The Kier molecular flexibility index (Phi) is 7.71. The minimum atomic E-state index is -0.923. The summed E-state index contributed by atoms with van der Waals surface area (Å²) in [5.41, 5.74) is 6.17. The first kappa shape index (κ1) is 24.3. The molecular formula is C19H21N5O7S2. The van der Waals surface area contributed by atoms with Crippen LogP contribution in [-0.4, -0.2) is 70.4 Å². The lowest BCUT2D eigenvalue weighted by molar-refractivity contribution is -0.167. The van der Waals surface area contributed by atoms with Gasteiger partial charge in [0.2, 0.25) is 6.79 Å².